The van der Waals surface area contributed by atoms with Crippen molar-refractivity contribution in [1.29, 1.82) is 0 Å². The highest BCUT2D eigenvalue weighted by Crippen LogP contribution is 2.13. The quantitative estimate of drug-likeness (QED) is 0.664. The predicted octanol–water partition coefficient (Wildman–Crippen LogP) is 2.96. The molecule has 0 N–H and O–H groups in total. The molecule has 74 valence electrons. The summed E-state index contributed by atoms with van der Waals surface area (Å²) < 4.78 is 25.6. The van der Waals surface area contributed by atoms with E-state index >= 15 is 0 Å². The second-order valence-electron chi connectivity index (χ2n) is 3.05. The van der Waals surface area contributed by atoms with Crippen LogP contribution in [0.1, 0.15) is 19.4 Å². The van der Waals surface area contributed by atoms with E-state index in [1.807, 2.05) is 0 Å². The highest BCUT2D eigenvalue weighted by atomic mass is 19.1. The van der Waals surface area contributed by atoms with Crippen molar-refractivity contribution in [3.63, 3.8) is 0 Å². The molecule has 0 amide bonds. The van der Waals surface area contributed by atoms with Crippen LogP contribution in [0.25, 0.3) is 6.08 Å². The molecule has 0 unspecified atom stereocenters. The van der Waals surface area contributed by atoms with Crippen molar-refractivity contribution in [2.75, 3.05) is 0 Å². The van der Waals surface area contributed by atoms with E-state index in [-0.39, 0.29) is 11.3 Å². The fourth-order valence-electron chi connectivity index (χ4n) is 0.953. The van der Waals surface area contributed by atoms with Gasteiger partial charge < -0.3 is 0 Å². The van der Waals surface area contributed by atoms with Crippen molar-refractivity contribution >= 4 is 11.9 Å². The standard InChI is InChI=1S/C11H10F2O/c1-7(8(2)14)5-9-3-4-10(12)6-11(9)13/h3-6H,1-2H3/b7-5-. The average molecular weight is 196 g/mol. The van der Waals surface area contributed by atoms with Gasteiger partial charge in [0.1, 0.15) is 11.6 Å². The topological polar surface area (TPSA) is 17.1 Å². The molecular weight excluding hydrogens is 186 g/mol. The lowest BCUT2D eigenvalue weighted by Gasteiger charge is -1.98. The van der Waals surface area contributed by atoms with E-state index in [0.717, 1.165) is 12.1 Å². The Kier molecular flexibility index (Phi) is 3.12. The molecule has 0 heterocycles. The van der Waals surface area contributed by atoms with E-state index in [9.17, 15) is 13.6 Å². The number of Topliss-reactive ketones (excluding diaryl/α,β-unsaturated/α-hetero) is 1. The highest BCUT2D eigenvalue weighted by molar-refractivity contribution is 5.97. The Balaban J connectivity index is 3.09. The van der Waals surface area contributed by atoms with Crippen LogP contribution in [0.3, 0.4) is 0 Å². The Morgan fingerprint density at radius 3 is 2.43 bits per heavy atom. The first-order valence-corrected chi connectivity index (χ1v) is 4.15. The van der Waals surface area contributed by atoms with Crippen LogP contribution in [-0.4, -0.2) is 5.78 Å². The Hall–Kier alpha value is -1.51. The molecule has 1 rings (SSSR count). The minimum absolute atomic E-state index is 0.131. The van der Waals surface area contributed by atoms with Crippen LogP contribution in [0.15, 0.2) is 23.8 Å². The van der Waals surface area contributed by atoms with Crippen molar-refractivity contribution in [3.05, 3.63) is 41.0 Å². The molecule has 0 aliphatic rings. The summed E-state index contributed by atoms with van der Waals surface area (Å²) in [5.74, 6) is -1.42. The first kappa shape index (κ1) is 10.6. The molecule has 0 atom stereocenters. The number of allylic oxidation sites excluding steroid dienone is 1. The van der Waals surface area contributed by atoms with Gasteiger partial charge in [-0.05, 0) is 37.6 Å². The van der Waals surface area contributed by atoms with Crippen molar-refractivity contribution in [1.82, 2.24) is 0 Å². The van der Waals surface area contributed by atoms with Crippen LogP contribution < -0.4 is 0 Å². The van der Waals surface area contributed by atoms with Crippen LogP contribution in [0.5, 0.6) is 0 Å². The van der Waals surface area contributed by atoms with Crippen molar-refractivity contribution in [2.45, 2.75) is 13.8 Å². The number of halogens is 2. The Bertz CT molecular complexity index is 394. The van der Waals surface area contributed by atoms with Crippen LogP contribution in [0.2, 0.25) is 0 Å². The molecule has 0 fully saturated rings. The molecule has 3 heteroatoms. The zero-order chi connectivity index (χ0) is 10.7. The Morgan fingerprint density at radius 2 is 1.93 bits per heavy atom. The van der Waals surface area contributed by atoms with Gasteiger partial charge in [0.25, 0.3) is 0 Å². The van der Waals surface area contributed by atoms with E-state index in [4.69, 9.17) is 0 Å². The van der Waals surface area contributed by atoms with Gasteiger partial charge in [0.05, 0.1) is 0 Å². The van der Waals surface area contributed by atoms with Gasteiger partial charge in [-0.3, -0.25) is 4.79 Å². The van der Waals surface area contributed by atoms with Crippen LogP contribution in [-0.2, 0) is 4.79 Å². The first-order valence-electron chi connectivity index (χ1n) is 4.15. The molecule has 0 aliphatic heterocycles. The maximum Gasteiger partial charge on any atom is 0.155 e. The van der Waals surface area contributed by atoms with Crippen LogP contribution in [0, 0.1) is 11.6 Å². The fraction of sp³-hybridized carbons (Fsp3) is 0.182. The van der Waals surface area contributed by atoms with Gasteiger partial charge in [-0.1, -0.05) is 0 Å². The predicted molar refractivity (Wildman–Crippen MR) is 50.7 cm³/mol. The summed E-state index contributed by atoms with van der Waals surface area (Å²) in [6, 6.07) is 3.25. The zero-order valence-electron chi connectivity index (χ0n) is 7.97. The molecule has 0 bridgehead atoms. The fourth-order valence-corrected chi connectivity index (χ4v) is 0.953. The summed E-state index contributed by atoms with van der Waals surface area (Å²) in [6.07, 6.45) is 1.40. The van der Waals surface area contributed by atoms with E-state index in [1.54, 1.807) is 6.92 Å². The third-order valence-electron chi connectivity index (χ3n) is 1.89. The molecule has 14 heavy (non-hydrogen) atoms. The van der Waals surface area contributed by atoms with E-state index in [1.165, 1.54) is 19.1 Å². The van der Waals surface area contributed by atoms with Crippen molar-refractivity contribution in [3.8, 4) is 0 Å². The lowest BCUT2D eigenvalue weighted by molar-refractivity contribution is -0.113. The van der Waals surface area contributed by atoms with Crippen LogP contribution in [0.4, 0.5) is 8.78 Å². The minimum Gasteiger partial charge on any atom is -0.295 e. The zero-order valence-corrected chi connectivity index (χ0v) is 7.97. The number of hydrogen-bond acceptors (Lipinski definition) is 1. The minimum atomic E-state index is -0.661. The Morgan fingerprint density at radius 1 is 1.29 bits per heavy atom. The number of carbonyl (C=O) groups excluding carboxylic acids is 1. The van der Waals surface area contributed by atoms with E-state index < -0.39 is 11.6 Å². The third-order valence-corrected chi connectivity index (χ3v) is 1.89. The molecule has 0 aromatic heterocycles. The van der Waals surface area contributed by atoms with Crippen LogP contribution >= 0.6 is 0 Å². The van der Waals surface area contributed by atoms with E-state index in [2.05, 4.69) is 0 Å². The number of carbonyl (C=O) groups is 1. The lowest BCUT2D eigenvalue weighted by Crippen LogP contribution is -1.92. The molecule has 0 spiro atoms. The van der Waals surface area contributed by atoms with Gasteiger partial charge in [-0.2, -0.15) is 0 Å². The van der Waals surface area contributed by atoms with Gasteiger partial charge in [0, 0.05) is 11.6 Å². The number of hydrogen-bond donors (Lipinski definition) is 0. The molecule has 1 nitrogen and oxygen atoms in total. The molecule has 0 radical (unpaired) electrons. The van der Waals surface area contributed by atoms with Crippen molar-refractivity contribution < 1.29 is 13.6 Å². The normalized spacial score (nSPS) is 11.6. The molecule has 0 aliphatic carbocycles. The van der Waals surface area contributed by atoms with Gasteiger partial charge in [0.2, 0.25) is 0 Å². The summed E-state index contributed by atoms with van der Waals surface area (Å²) in [6.45, 7) is 2.98. The second kappa shape index (κ2) is 4.13. The van der Waals surface area contributed by atoms with Gasteiger partial charge >= 0.3 is 0 Å². The summed E-state index contributed by atoms with van der Waals surface area (Å²) in [7, 11) is 0. The summed E-state index contributed by atoms with van der Waals surface area (Å²) in [5, 5.41) is 0. The summed E-state index contributed by atoms with van der Waals surface area (Å²) >= 11 is 0. The molecule has 1 aromatic rings. The van der Waals surface area contributed by atoms with E-state index in [0.29, 0.717) is 5.57 Å². The average Bonchev–Trinajstić information content (AvgIpc) is 2.09. The maximum atomic E-state index is 13.1. The summed E-state index contributed by atoms with van der Waals surface area (Å²) in [5.41, 5.74) is 0.662. The van der Waals surface area contributed by atoms with Gasteiger partial charge in [0.15, 0.2) is 5.78 Å². The van der Waals surface area contributed by atoms with Crippen molar-refractivity contribution in [2.24, 2.45) is 0 Å². The smallest absolute Gasteiger partial charge is 0.155 e. The first-order chi connectivity index (χ1) is 6.50. The second-order valence-corrected chi connectivity index (χ2v) is 3.05. The number of benzene rings is 1. The molecule has 0 saturated carbocycles. The number of rotatable bonds is 2. The highest BCUT2D eigenvalue weighted by Gasteiger charge is 2.03. The van der Waals surface area contributed by atoms with Gasteiger partial charge in [-0.15, -0.1) is 0 Å². The molecule has 0 saturated heterocycles. The SMILES string of the molecule is CC(=O)/C(C)=C\c1ccc(F)cc1F. The monoisotopic (exact) mass is 196 g/mol. The van der Waals surface area contributed by atoms with Gasteiger partial charge in [-0.25, -0.2) is 8.78 Å². The Labute approximate surface area is 81.1 Å². The largest absolute Gasteiger partial charge is 0.295 e. The lowest BCUT2D eigenvalue weighted by atomic mass is 10.1. The number of ketones is 1. The maximum absolute atomic E-state index is 13.1. The molecule has 1 aromatic carbocycles. The summed E-state index contributed by atoms with van der Waals surface area (Å²) in [4.78, 5) is 10.9. The molecular formula is C11H10F2O. The third kappa shape index (κ3) is 2.49.